The van der Waals surface area contributed by atoms with Crippen LogP contribution in [-0.2, 0) is 6.42 Å². The van der Waals surface area contributed by atoms with Crippen LogP contribution in [0.25, 0.3) is 0 Å². The molecule has 0 saturated heterocycles. The van der Waals surface area contributed by atoms with Gasteiger partial charge in [-0.25, -0.2) is 9.78 Å². The first-order chi connectivity index (χ1) is 8.60. The van der Waals surface area contributed by atoms with E-state index in [1.54, 1.807) is 12.5 Å². The van der Waals surface area contributed by atoms with E-state index in [4.69, 9.17) is 9.84 Å². The zero-order chi connectivity index (χ0) is 13.1. The third-order valence-electron chi connectivity index (χ3n) is 2.55. The topological polar surface area (TPSA) is 59.4 Å². The fourth-order valence-electron chi connectivity index (χ4n) is 1.70. The van der Waals surface area contributed by atoms with Crippen molar-refractivity contribution in [3.05, 3.63) is 45.4 Å². The molecular formula is C13H13NO3S. The maximum absolute atomic E-state index is 10.8. The van der Waals surface area contributed by atoms with Crippen LogP contribution >= 0.6 is 11.3 Å². The Kier molecular flexibility index (Phi) is 3.62. The molecule has 0 unspecified atom stereocenters. The summed E-state index contributed by atoms with van der Waals surface area (Å²) >= 11 is 1.35. The van der Waals surface area contributed by atoms with E-state index in [0.717, 1.165) is 21.9 Å². The molecule has 18 heavy (non-hydrogen) atoms. The summed E-state index contributed by atoms with van der Waals surface area (Å²) in [5.41, 5.74) is 2.26. The molecule has 1 aromatic carbocycles. The molecule has 5 heteroatoms. The number of ether oxygens (including phenoxy) is 1. The van der Waals surface area contributed by atoms with Crippen molar-refractivity contribution in [2.24, 2.45) is 0 Å². The first-order valence-corrected chi connectivity index (χ1v) is 6.29. The van der Waals surface area contributed by atoms with Crippen LogP contribution in [0.15, 0.2) is 23.6 Å². The van der Waals surface area contributed by atoms with Gasteiger partial charge >= 0.3 is 5.97 Å². The van der Waals surface area contributed by atoms with E-state index in [2.05, 4.69) is 4.98 Å². The fourth-order valence-corrected chi connectivity index (χ4v) is 2.49. The molecule has 0 fully saturated rings. The molecule has 1 aromatic heterocycles. The van der Waals surface area contributed by atoms with Crippen LogP contribution in [0.5, 0.6) is 5.75 Å². The lowest BCUT2D eigenvalue weighted by Gasteiger charge is -2.07. The number of carbonyl (C=O) groups is 1. The fraction of sp³-hybridized carbons (Fsp3) is 0.231. The Labute approximate surface area is 109 Å². The van der Waals surface area contributed by atoms with Gasteiger partial charge < -0.3 is 9.84 Å². The Morgan fingerprint density at radius 2 is 2.28 bits per heavy atom. The van der Waals surface area contributed by atoms with Crippen LogP contribution in [-0.4, -0.2) is 23.2 Å². The summed E-state index contributed by atoms with van der Waals surface area (Å²) in [5.74, 6) is -0.193. The standard InChI is InChI=1S/C13H13NO3S/c1-8-3-4-11(17-2)9(5-8)6-12-14-10(7-18-12)13(15)16/h3-5,7H,6H2,1-2H3,(H,15,16). The molecule has 0 atom stereocenters. The third-order valence-corrected chi connectivity index (χ3v) is 3.40. The predicted molar refractivity (Wildman–Crippen MR) is 69.6 cm³/mol. The van der Waals surface area contributed by atoms with Crippen molar-refractivity contribution in [2.75, 3.05) is 7.11 Å². The lowest BCUT2D eigenvalue weighted by molar-refractivity contribution is 0.0691. The molecule has 0 saturated carbocycles. The molecule has 0 spiro atoms. The smallest absolute Gasteiger partial charge is 0.355 e. The molecule has 0 aliphatic rings. The van der Waals surface area contributed by atoms with E-state index < -0.39 is 5.97 Å². The number of methoxy groups -OCH3 is 1. The average Bonchev–Trinajstić information content (AvgIpc) is 2.78. The van der Waals surface area contributed by atoms with Crippen molar-refractivity contribution in [2.45, 2.75) is 13.3 Å². The van der Waals surface area contributed by atoms with Crippen molar-refractivity contribution in [1.29, 1.82) is 0 Å². The largest absolute Gasteiger partial charge is 0.496 e. The highest BCUT2D eigenvalue weighted by Gasteiger charge is 2.11. The van der Waals surface area contributed by atoms with Crippen LogP contribution in [0.1, 0.15) is 26.6 Å². The number of aryl methyl sites for hydroxylation is 1. The number of aromatic carboxylic acids is 1. The predicted octanol–water partition coefficient (Wildman–Crippen LogP) is 2.75. The second kappa shape index (κ2) is 5.18. The molecule has 1 heterocycles. The van der Waals surface area contributed by atoms with Crippen LogP contribution in [0.3, 0.4) is 0 Å². The average molecular weight is 263 g/mol. The van der Waals surface area contributed by atoms with Gasteiger partial charge in [-0.2, -0.15) is 0 Å². The molecule has 94 valence electrons. The van der Waals surface area contributed by atoms with Crippen molar-refractivity contribution in [1.82, 2.24) is 4.98 Å². The molecule has 2 rings (SSSR count). The molecule has 0 amide bonds. The Morgan fingerprint density at radius 1 is 1.50 bits per heavy atom. The zero-order valence-electron chi connectivity index (χ0n) is 10.1. The summed E-state index contributed by atoms with van der Waals surface area (Å²) in [6.45, 7) is 2.01. The number of benzene rings is 1. The van der Waals surface area contributed by atoms with Gasteiger partial charge in [0.2, 0.25) is 0 Å². The number of rotatable bonds is 4. The summed E-state index contributed by atoms with van der Waals surface area (Å²) in [6, 6.07) is 5.92. The number of hydrogen-bond acceptors (Lipinski definition) is 4. The van der Waals surface area contributed by atoms with Gasteiger partial charge in [-0.1, -0.05) is 17.7 Å². The van der Waals surface area contributed by atoms with Gasteiger partial charge in [-0.3, -0.25) is 0 Å². The molecule has 0 bridgehead atoms. The Balaban J connectivity index is 2.27. The summed E-state index contributed by atoms with van der Waals surface area (Å²) in [5, 5.41) is 11.2. The first kappa shape index (κ1) is 12.6. The number of carboxylic acid groups (broad SMARTS) is 1. The number of aromatic nitrogens is 1. The third kappa shape index (κ3) is 2.68. The van der Waals surface area contributed by atoms with E-state index in [0.29, 0.717) is 6.42 Å². The van der Waals surface area contributed by atoms with E-state index >= 15 is 0 Å². The van der Waals surface area contributed by atoms with E-state index in [1.165, 1.54) is 11.3 Å². The molecule has 1 N–H and O–H groups in total. The van der Waals surface area contributed by atoms with Gasteiger partial charge in [-0.15, -0.1) is 11.3 Å². The first-order valence-electron chi connectivity index (χ1n) is 5.41. The van der Waals surface area contributed by atoms with Gasteiger partial charge in [0, 0.05) is 17.4 Å². The summed E-state index contributed by atoms with van der Waals surface area (Å²) in [6.07, 6.45) is 0.586. The van der Waals surface area contributed by atoms with Crippen LogP contribution in [0, 0.1) is 6.92 Å². The highest BCUT2D eigenvalue weighted by Crippen LogP contribution is 2.24. The van der Waals surface area contributed by atoms with Gasteiger partial charge in [0.25, 0.3) is 0 Å². The van der Waals surface area contributed by atoms with E-state index in [-0.39, 0.29) is 5.69 Å². The number of thiazole rings is 1. The van der Waals surface area contributed by atoms with Gasteiger partial charge in [0.1, 0.15) is 5.75 Å². The number of hydrogen-bond donors (Lipinski definition) is 1. The van der Waals surface area contributed by atoms with Crippen molar-refractivity contribution >= 4 is 17.3 Å². The lowest BCUT2D eigenvalue weighted by atomic mass is 10.1. The van der Waals surface area contributed by atoms with E-state index in [9.17, 15) is 4.79 Å². The van der Waals surface area contributed by atoms with Gasteiger partial charge in [-0.05, 0) is 13.0 Å². The van der Waals surface area contributed by atoms with Crippen LogP contribution in [0.4, 0.5) is 0 Å². The van der Waals surface area contributed by atoms with E-state index in [1.807, 2.05) is 25.1 Å². The minimum atomic E-state index is -0.992. The molecule has 4 nitrogen and oxygen atoms in total. The second-order valence-corrected chi connectivity index (χ2v) is 4.87. The lowest BCUT2D eigenvalue weighted by Crippen LogP contribution is -1.98. The van der Waals surface area contributed by atoms with Gasteiger partial charge in [0.15, 0.2) is 5.69 Å². The van der Waals surface area contributed by atoms with Crippen molar-refractivity contribution in [3.63, 3.8) is 0 Å². The minimum Gasteiger partial charge on any atom is -0.496 e. The number of carboxylic acids is 1. The Morgan fingerprint density at radius 3 is 2.89 bits per heavy atom. The SMILES string of the molecule is COc1ccc(C)cc1Cc1nc(C(=O)O)cs1. The van der Waals surface area contributed by atoms with Crippen molar-refractivity contribution < 1.29 is 14.6 Å². The monoisotopic (exact) mass is 263 g/mol. The molecule has 0 radical (unpaired) electrons. The van der Waals surface area contributed by atoms with Crippen molar-refractivity contribution in [3.8, 4) is 5.75 Å². The highest BCUT2D eigenvalue weighted by molar-refractivity contribution is 7.09. The summed E-state index contributed by atoms with van der Waals surface area (Å²) < 4.78 is 5.29. The van der Waals surface area contributed by atoms with Gasteiger partial charge in [0.05, 0.1) is 12.1 Å². The summed E-state index contributed by atoms with van der Waals surface area (Å²) in [4.78, 5) is 14.8. The minimum absolute atomic E-state index is 0.0987. The van der Waals surface area contributed by atoms with Crippen LogP contribution < -0.4 is 4.74 Å². The summed E-state index contributed by atoms with van der Waals surface area (Å²) in [7, 11) is 1.62. The van der Waals surface area contributed by atoms with Crippen LogP contribution in [0.2, 0.25) is 0 Å². The maximum atomic E-state index is 10.8. The normalized spacial score (nSPS) is 10.3. The second-order valence-electron chi connectivity index (χ2n) is 3.92. The highest BCUT2D eigenvalue weighted by atomic mass is 32.1. The zero-order valence-corrected chi connectivity index (χ0v) is 11.0. The molecule has 0 aliphatic heterocycles. The number of nitrogens with zero attached hydrogens (tertiary/aromatic N) is 1. The molecule has 2 aromatic rings. The molecular weight excluding hydrogens is 250 g/mol. The Hall–Kier alpha value is -1.88. The maximum Gasteiger partial charge on any atom is 0.355 e. The molecule has 0 aliphatic carbocycles. The Bertz CT molecular complexity index is 577. The quantitative estimate of drug-likeness (QED) is 0.921.